The van der Waals surface area contributed by atoms with Gasteiger partial charge in [0, 0.05) is 0 Å². The molecule has 5 nitrogen and oxygen atoms in total. The van der Waals surface area contributed by atoms with Crippen molar-refractivity contribution in [2.45, 2.75) is 39.3 Å². The molecule has 1 aromatic heterocycles. The molecule has 0 saturated heterocycles. The van der Waals surface area contributed by atoms with Gasteiger partial charge in [0.15, 0.2) is 5.75 Å². The Morgan fingerprint density at radius 2 is 2.27 bits per heavy atom. The number of aryl methyl sites for hydroxylation is 1. The van der Waals surface area contributed by atoms with Crippen LogP contribution in [0.15, 0.2) is 12.4 Å². The molecular formula is C10H16N2O3. The van der Waals surface area contributed by atoms with E-state index in [9.17, 15) is 4.79 Å². The minimum Gasteiger partial charge on any atom is -0.485 e. The van der Waals surface area contributed by atoms with Crippen molar-refractivity contribution in [3.63, 3.8) is 0 Å². The third-order valence-electron chi connectivity index (χ3n) is 1.59. The fraction of sp³-hybridized carbons (Fsp3) is 0.600. The minimum atomic E-state index is -0.830. The van der Waals surface area contributed by atoms with Crippen LogP contribution in [-0.4, -0.2) is 26.5 Å². The fourth-order valence-corrected chi connectivity index (χ4v) is 1.08. The first-order valence-electron chi connectivity index (χ1n) is 4.80. The molecule has 0 fully saturated rings. The average Bonchev–Trinajstić information content (AvgIpc) is 2.45. The second-order valence-electron chi connectivity index (χ2n) is 4.30. The topological polar surface area (TPSA) is 64.4 Å². The number of hydrogen-bond donors (Lipinski definition) is 1. The number of hydrogen-bond acceptors (Lipinski definition) is 3. The highest BCUT2D eigenvalue weighted by Crippen LogP contribution is 2.16. The summed E-state index contributed by atoms with van der Waals surface area (Å²) in [4.78, 5) is 10.3. The van der Waals surface area contributed by atoms with E-state index in [1.54, 1.807) is 17.1 Å². The lowest BCUT2D eigenvalue weighted by molar-refractivity contribution is -0.137. The fourth-order valence-electron chi connectivity index (χ4n) is 1.08. The molecule has 0 aromatic carbocycles. The van der Waals surface area contributed by atoms with Gasteiger partial charge in [-0.15, -0.1) is 0 Å². The first-order chi connectivity index (χ1) is 6.87. The lowest BCUT2D eigenvalue weighted by Crippen LogP contribution is -2.22. The Bertz CT molecular complexity index is 339. The van der Waals surface area contributed by atoms with Gasteiger partial charge in [0.05, 0.1) is 25.4 Å². The Hall–Kier alpha value is -1.52. The number of ether oxygens (including phenoxy) is 1. The number of aromatic nitrogens is 2. The van der Waals surface area contributed by atoms with Gasteiger partial charge in [0.2, 0.25) is 0 Å². The molecule has 84 valence electrons. The zero-order valence-corrected chi connectivity index (χ0v) is 9.23. The van der Waals surface area contributed by atoms with Crippen LogP contribution in [0.4, 0.5) is 0 Å². The van der Waals surface area contributed by atoms with E-state index in [1.165, 1.54) is 0 Å². The van der Waals surface area contributed by atoms with Gasteiger partial charge in [0.25, 0.3) is 0 Å². The summed E-state index contributed by atoms with van der Waals surface area (Å²) in [5.41, 5.74) is -0.263. The first kappa shape index (κ1) is 11.6. The van der Waals surface area contributed by atoms with Gasteiger partial charge in [-0.25, -0.2) is 0 Å². The van der Waals surface area contributed by atoms with Gasteiger partial charge in [-0.2, -0.15) is 5.10 Å². The van der Waals surface area contributed by atoms with E-state index >= 15 is 0 Å². The number of aliphatic carboxylic acids is 1. The molecule has 0 amide bonds. The van der Waals surface area contributed by atoms with Gasteiger partial charge in [0.1, 0.15) is 5.60 Å². The Labute approximate surface area is 88.7 Å². The smallest absolute Gasteiger partial charge is 0.305 e. The van der Waals surface area contributed by atoms with Crippen LogP contribution >= 0.6 is 0 Å². The lowest BCUT2D eigenvalue weighted by Gasteiger charge is -2.19. The SMILES string of the molecule is CC(C)(C)Oc1cnn(CCC(=O)O)c1. The van der Waals surface area contributed by atoms with Gasteiger partial charge in [-0.1, -0.05) is 0 Å². The van der Waals surface area contributed by atoms with Crippen molar-refractivity contribution in [3.05, 3.63) is 12.4 Å². The number of carbonyl (C=O) groups is 1. The van der Waals surface area contributed by atoms with Crippen LogP contribution in [-0.2, 0) is 11.3 Å². The molecule has 0 aliphatic carbocycles. The molecule has 0 radical (unpaired) electrons. The summed E-state index contributed by atoms with van der Waals surface area (Å²) < 4.78 is 7.12. The zero-order chi connectivity index (χ0) is 11.5. The highest BCUT2D eigenvalue weighted by Gasteiger charge is 2.12. The summed E-state index contributed by atoms with van der Waals surface area (Å²) in [6.07, 6.45) is 3.36. The third kappa shape index (κ3) is 4.49. The van der Waals surface area contributed by atoms with Crippen molar-refractivity contribution >= 4 is 5.97 Å². The minimum absolute atomic E-state index is 0.0661. The maximum atomic E-state index is 10.3. The van der Waals surface area contributed by atoms with Gasteiger partial charge < -0.3 is 9.84 Å². The van der Waals surface area contributed by atoms with Crippen LogP contribution in [0, 0.1) is 0 Å². The van der Waals surface area contributed by atoms with Crippen molar-refractivity contribution in [3.8, 4) is 5.75 Å². The molecule has 15 heavy (non-hydrogen) atoms. The summed E-state index contributed by atoms with van der Waals surface area (Å²) in [5.74, 6) is -0.170. The van der Waals surface area contributed by atoms with Gasteiger partial charge in [-0.05, 0) is 20.8 Å². The van der Waals surface area contributed by atoms with Crippen LogP contribution in [0.3, 0.4) is 0 Å². The van der Waals surface area contributed by atoms with E-state index in [0.29, 0.717) is 12.3 Å². The molecule has 1 heterocycles. The molecule has 0 aliphatic heterocycles. The van der Waals surface area contributed by atoms with Crippen LogP contribution < -0.4 is 4.74 Å². The Morgan fingerprint density at radius 1 is 1.60 bits per heavy atom. The van der Waals surface area contributed by atoms with Crippen LogP contribution in [0.5, 0.6) is 5.75 Å². The molecule has 1 rings (SSSR count). The maximum absolute atomic E-state index is 10.3. The van der Waals surface area contributed by atoms with E-state index in [2.05, 4.69) is 5.10 Å². The molecule has 0 atom stereocenters. The molecule has 0 unspecified atom stereocenters. The van der Waals surface area contributed by atoms with Gasteiger partial charge >= 0.3 is 5.97 Å². The maximum Gasteiger partial charge on any atom is 0.305 e. The van der Waals surface area contributed by atoms with E-state index < -0.39 is 5.97 Å². The quantitative estimate of drug-likeness (QED) is 0.822. The second kappa shape index (κ2) is 4.33. The Kier molecular flexibility index (Phi) is 3.34. The summed E-state index contributed by atoms with van der Waals surface area (Å²) in [6, 6.07) is 0. The van der Waals surface area contributed by atoms with Crippen molar-refractivity contribution in [2.75, 3.05) is 0 Å². The standard InChI is InChI=1S/C10H16N2O3/c1-10(2,3)15-8-6-11-12(7-8)5-4-9(13)14/h6-7H,4-5H2,1-3H3,(H,13,14). The van der Waals surface area contributed by atoms with E-state index in [4.69, 9.17) is 9.84 Å². The predicted octanol–water partition coefficient (Wildman–Crippen LogP) is 1.54. The van der Waals surface area contributed by atoms with E-state index in [-0.39, 0.29) is 12.0 Å². The van der Waals surface area contributed by atoms with Crippen molar-refractivity contribution < 1.29 is 14.6 Å². The number of carboxylic acid groups (broad SMARTS) is 1. The Morgan fingerprint density at radius 3 is 2.80 bits per heavy atom. The molecule has 5 heteroatoms. The highest BCUT2D eigenvalue weighted by atomic mass is 16.5. The first-order valence-corrected chi connectivity index (χ1v) is 4.80. The van der Waals surface area contributed by atoms with Crippen molar-refractivity contribution in [2.24, 2.45) is 0 Å². The van der Waals surface area contributed by atoms with E-state index in [0.717, 1.165) is 0 Å². The second-order valence-corrected chi connectivity index (χ2v) is 4.30. The molecule has 0 aliphatic rings. The van der Waals surface area contributed by atoms with Crippen molar-refractivity contribution in [1.82, 2.24) is 9.78 Å². The molecule has 1 N–H and O–H groups in total. The summed E-state index contributed by atoms with van der Waals surface area (Å²) in [5, 5.41) is 12.5. The molecule has 0 spiro atoms. The predicted molar refractivity (Wildman–Crippen MR) is 54.9 cm³/mol. The van der Waals surface area contributed by atoms with E-state index in [1.807, 2.05) is 20.8 Å². The number of carboxylic acids is 1. The number of rotatable bonds is 4. The summed E-state index contributed by atoms with van der Waals surface area (Å²) in [6.45, 7) is 6.20. The van der Waals surface area contributed by atoms with Crippen LogP contribution in [0.2, 0.25) is 0 Å². The lowest BCUT2D eigenvalue weighted by atomic mass is 10.2. The normalized spacial score (nSPS) is 11.4. The number of nitrogens with zero attached hydrogens (tertiary/aromatic N) is 2. The van der Waals surface area contributed by atoms with Crippen molar-refractivity contribution in [1.29, 1.82) is 0 Å². The third-order valence-corrected chi connectivity index (χ3v) is 1.59. The van der Waals surface area contributed by atoms with Crippen LogP contribution in [0.1, 0.15) is 27.2 Å². The van der Waals surface area contributed by atoms with Crippen LogP contribution in [0.25, 0.3) is 0 Å². The summed E-state index contributed by atoms with van der Waals surface area (Å²) >= 11 is 0. The average molecular weight is 212 g/mol. The molecular weight excluding hydrogens is 196 g/mol. The highest BCUT2D eigenvalue weighted by molar-refractivity contribution is 5.66. The zero-order valence-electron chi connectivity index (χ0n) is 9.23. The monoisotopic (exact) mass is 212 g/mol. The Balaban J connectivity index is 2.53. The molecule has 0 saturated carbocycles. The molecule has 1 aromatic rings. The molecule has 0 bridgehead atoms. The largest absolute Gasteiger partial charge is 0.485 e. The van der Waals surface area contributed by atoms with Gasteiger partial charge in [-0.3, -0.25) is 9.48 Å². The summed E-state index contributed by atoms with van der Waals surface area (Å²) in [7, 11) is 0.